The van der Waals surface area contributed by atoms with Gasteiger partial charge >= 0.3 is 0 Å². The average Bonchev–Trinajstić information content (AvgIpc) is 2.45. The molecule has 1 N–H and O–H groups in total. The molecule has 2 aliphatic rings. The van der Waals surface area contributed by atoms with Gasteiger partial charge in [0.25, 0.3) is 5.91 Å². The van der Waals surface area contributed by atoms with E-state index in [1.165, 1.54) is 0 Å². The van der Waals surface area contributed by atoms with Gasteiger partial charge in [-0.05, 0) is 33.3 Å². The largest absolute Gasteiger partial charge is 0.385 e. The number of nitrogens with zero attached hydrogens (tertiary/aromatic N) is 1. The summed E-state index contributed by atoms with van der Waals surface area (Å²) in [5.41, 5.74) is -0.359. The highest BCUT2D eigenvalue weighted by molar-refractivity contribution is 6.59. The van der Waals surface area contributed by atoms with Gasteiger partial charge in [-0.15, -0.1) is 0 Å². The van der Waals surface area contributed by atoms with Gasteiger partial charge in [0.1, 0.15) is 0 Å². The zero-order valence-corrected chi connectivity index (χ0v) is 13.1. The molecule has 1 aliphatic carbocycles. The number of alkyl halides is 2. The molecule has 0 radical (unpaired) electrons. The van der Waals surface area contributed by atoms with Gasteiger partial charge in [-0.1, -0.05) is 41.4 Å². The second kappa shape index (κ2) is 4.24. The highest BCUT2D eigenvalue weighted by Gasteiger charge is 2.62. The minimum Gasteiger partial charge on any atom is -0.385 e. The summed E-state index contributed by atoms with van der Waals surface area (Å²) < 4.78 is -1.53. The lowest BCUT2D eigenvalue weighted by Crippen LogP contribution is -2.44. The number of hydrogen-bond acceptors (Lipinski definition) is 2. The summed E-state index contributed by atoms with van der Waals surface area (Å²) in [6.07, 6.45) is 4.60. The summed E-state index contributed by atoms with van der Waals surface area (Å²) in [5, 5.41) is 9.74. The molecule has 19 heavy (non-hydrogen) atoms. The van der Waals surface area contributed by atoms with Gasteiger partial charge in [-0.2, -0.15) is 0 Å². The molecule has 1 heterocycles. The monoisotopic (exact) mass is 303 g/mol. The molecule has 0 saturated carbocycles. The Bertz CT molecular complexity index is 476. The second-order valence-electron chi connectivity index (χ2n) is 6.37. The van der Waals surface area contributed by atoms with Crippen LogP contribution in [-0.4, -0.2) is 38.4 Å². The average molecular weight is 304 g/mol. The molecule has 3 nitrogen and oxygen atoms in total. The topological polar surface area (TPSA) is 40.5 Å². The van der Waals surface area contributed by atoms with Crippen LogP contribution in [0.25, 0.3) is 0 Å². The van der Waals surface area contributed by atoms with Crippen molar-refractivity contribution in [2.24, 2.45) is 5.41 Å². The first-order valence-corrected chi connectivity index (χ1v) is 7.03. The molecule has 0 aromatic heterocycles. The molecular weight excluding hydrogens is 285 g/mol. The van der Waals surface area contributed by atoms with E-state index in [1.807, 2.05) is 33.8 Å². The summed E-state index contributed by atoms with van der Waals surface area (Å²) in [5.74, 6) is -0.284. The van der Waals surface area contributed by atoms with E-state index in [4.69, 9.17) is 23.2 Å². The van der Waals surface area contributed by atoms with E-state index in [2.05, 4.69) is 0 Å². The minimum atomic E-state index is -1.53. The molecule has 1 aliphatic heterocycles. The van der Waals surface area contributed by atoms with Crippen LogP contribution < -0.4 is 0 Å². The van der Waals surface area contributed by atoms with Crippen LogP contribution in [0.2, 0.25) is 0 Å². The minimum absolute atomic E-state index is 0.284. The zero-order valence-electron chi connectivity index (χ0n) is 11.6. The van der Waals surface area contributed by atoms with E-state index in [1.54, 1.807) is 17.1 Å². The Morgan fingerprint density at radius 2 is 2.00 bits per heavy atom. The Kier molecular flexibility index (Phi) is 3.32. The normalized spacial score (nSPS) is 34.1. The molecule has 106 valence electrons. The standard InChI is InChI=1S/C14H19Cl2NO2/c1-9-7-13(6-5-10(9)18)8-17(12(2,3)4)11(19)14(13,15)16/h5-7,10,18H,8H2,1-4H3. The van der Waals surface area contributed by atoms with Crippen LogP contribution in [0.1, 0.15) is 27.7 Å². The van der Waals surface area contributed by atoms with E-state index in [0.29, 0.717) is 6.54 Å². The molecule has 1 spiro atoms. The van der Waals surface area contributed by atoms with Crippen molar-refractivity contribution in [3.63, 3.8) is 0 Å². The van der Waals surface area contributed by atoms with Crippen molar-refractivity contribution >= 4 is 29.1 Å². The Morgan fingerprint density at radius 1 is 1.42 bits per heavy atom. The van der Waals surface area contributed by atoms with E-state index < -0.39 is 15.9 Å². The van der Waals surface area contributed by atoms with Crippen LogP contribution in [-0.2, 0) is 4.79 Å². The fraction of sp³-hybridized carbons (Fsp3) is 0.643. The molecule has 0 aromatic carbocycles. The summed E-state index contributed by atoms with van der Waals surface area (Å²) in [6.45, 7) is 8.08. The van der Waals surface area contributed by atoms with Gasteiger partial charge in [0, 0.05) is 12.1 Å². The van der Waals surface area contributed by atoms with Gasteiger partial charge in [0.2, 0.25) is 4.33 Å². The highest BCUT2D eigenvalue weighted by Crippen LogP contribution is 2.53. The maximum Gasteiger partial charge on any atom is 0.260 e. The van der Waals surface area contributed by atoms with E-state index in [9.17, 15) is 9.90 Å². The van der Waals surface area contributed by atoms with E-state index >= 15 is 0 Å². The summed E-state index contributed by atoms with van der Waals surface area (Å²) >= 11 is 12.7. The fourth-order valence-corrected chi connectivity index (χ4v) is 3.15. The van der Waals surface area contributed by atoms with Gasteiger partial charge in [0.15, 0.2) is 0 Å². The van der Waals surface area contributed by atoms with Gasteiger partial charge in [0.05, 0.1) is 11.5 Å². The number of hydrogen-bond donors (Lipinski definition) is 1. The van der Waals surface area contributed by atoms with Crippen molar-refractivity contribution in [3.05, 3.63) is 23.8 Å². The number of aliphatic hydroxyl groups is 1. The first kappa shape index (κ1) is 14.9. The molecular formula is C14H19Cl2NO2. The van der Waals surface area contributed by atoms with Gasteiger partial charge in [-0.25, -0.2) is 0 Å². The number of carbonyl (C=O) groups excluding carboxylic acids is 1. The third-order valence-corrected chi connectivity index (χ3v) is 4.88. The molecule has 5 heteroatoms. The Balaban J connectivity index is 2.49. The van der Waals surface area contributed by atoms with Crippen molar-refractivity contribution < 1.29 is 9.90 Å². The molecule has 0 bridgehead atoms. The van der Waals surface area contributed by atoms with Crippen LogP contribution in [0.3, 0.4) is 0 Å². The third kappa shape index (κ3) is 2.12. The number of amides is 1. The third-order valence-electron chi connectivity index (χ3n) is 3.86. The second-order valence-corrected chi connectivity index (χ2v) is 7.70. The summed E-state index contributed by atoms with van der Waals surface area (Å²) in [7, 11) is 0. The van der Waals surface area contributed by atoms with Crippen LogP contribution >= 0.6 is 23.2 Å². The molecule has 0 aromatic rings. The molecule has 2 unspecified atom stereocenters. The molecule has 2 atom stereocenters. The number of likely N-dealkylation sites (tertiary alicyclic amines) is 1. The predicted octanol–water partition coefficient (Wildman–Crippen LogP) is 2.66. The zero-order chi connectivity index (χ0) is 14.6. The maximum atomic E-state index is 12.5. The number of aliphatic hydroxyl groups excluding tert-OH is 1. The van der Waals surface area contributed by atoms with Crippen LogP contribution in [0, 0.1) is 5.41 Å². The lowest BCUT2D eigenvalue weighted by atomic mass is 9.79. The molecule has 2 rings (SSSR count). The number of halogens is 2. The Morgan fingerprint density at radius 3 is 2.42 bits per heavy atom. The molecule has 1 amide bonds. The first-order chi connectivity index (χ1) is 8.51. The van der Waals surface area contributed by atoms with Crippen molar-refractivity contribution in [2.45, 2.75) is 43.7 Å². The smallest absolute Gasteiger partial charge is 0.260 e. The first-order valence-electron chi connectivity index (χ1n) is 6.28. The fourth-order valence-electron chi connectivity index (χ4n) is 2.59. The van der Waals surface area contributed by atoms with Crippen molar-refractivity contribution in [1.82, 2.24) is 4.90 Å². The van der Waals surface area contributed by atoms with Crippen LogP contribution in [0.5, 0.6) is 0 Å². The van der Waals surface area contributed by atoms with Crippen molar-refractivity contribution in [2.75, 3.05) is 6.54 Å². The summed E-state index contributed by atoms with van der Waals surface area (Å²) in [6, 6.07) is 0. The highest BCUT2D eigenvalue weighted by atomic mass is 35.5. The number of carbonyl (C=O) groups is 1. The lowest BCUT2D eigenvalue weighted by molar-refractivity contribution is -0.132. The quantitative estimate of drug-likeness (QED) is 0.552. The Labute approximate surface area is 123 Å². The van der Waals surface area contributed by atoms with Crippen LogP contribution in [0.15, 0.2) is 23.8 Å². The Hall–Kier alpha value is -0.510. The maximum absolute atomic E-state index is 12.5. The van der Waals surface area contributed by atoms with E-state index in [0.717, 1.165) is 5.57 Å². The van der Waals surface area contributed by atoms with E-state index in [-0.39, 0.29) is 11.4 Å². The molecule has 1 fully saturated rings. The van der Waals surface area contributed by atoms with Gasteiger partial charge in [-0.3, -0.25) is 4.79 Å². The van der Waals surface area contributed by atoms with Crippen molar-refractivity contribution in [1.29, 1.82) is 0 Å². The lowest BCUT2D eigenvalue weighted by Gasteiger charge is -2.34. The van der Waals surface area contributed by atoms with Crippen LogP contribution in [0.4, 0.5) is 0 Å². The SMILES string of the molecule is CC1=CC2(C=CC1O)CN(C(C)(C)C)C(=O)C2(Cl)Cl. The number of rotatable bonds is 0. The molecule has 1 saturated heterocycles. The summed E-state index contributed by atoms with van der Waals surface area (Å²) in [4.78, 5) is 14.2. The van der Waals surface area contributed by atoms with Crippen molar-refractivity contribution in [3.8, 4) is 0 Å². The predicted molar refractivity (Wildman–Crippen MR) is 77.2 cm³/mol. The van der Waals surface area contributed by atoms with Gasteiger partial charge < -0.3 is 10.0 Å².